The molecule has 0 radical (unpaired) electrons. The minimum atomic E-state index is -0.180. The average molecular weight is 501 g/mol. The van der Waals surface area contributed by atoms with Gasteiger partial charge in [0.05, 0.1) is 34.5 Å². The van der Waals surface area contributed by atoms with Crippen LogP contribution in [0.2, 0.25) is 0 Å². The molecule has 7 nitrogen and oxygen atoms in total. The number of aliphatic hydroxyl groups is 1. The predicted molar refractivity (Wildman–Crippen MR) is 143 cm³/mol. The molecule has 184 valence electrons. The Balaban J connectivity index is 0.00000267. The lowest BCUT2D eigenvalue weighted by atomic mass is 9.92. The Morgan fingerprint density at radius 3 is 2.53 bits per heavy atom. The van der Waals surface area contributed by atoms with Crippen LogP contribution >= 0.6 is 12.4 Å². The number of imidazole rings is 1. The Kier molecular flexibility index (Phi) is 6.65. The summed E-state index contributed by atoms with van der Waals surface area (Å²) in [6, 6.07) is 16.6. The summed E-state index contributed by atoms with van der Waals surface area (Å²) in [5.41, 5.74) is 5.92. The molecule has 2 aliphatic rings. The van der Waals surface area contributed by atoms with Gasteiger partial charge in [0.25, 0.3) is 0 Å². The number of hydrogen-bond acceptors (Lipinski definition) is 6. The van der Waals surface area contributed by atoms with Crippen LogP contribution in [-0.2, 0) is 0 Å². The first-order valence-corrected chi connectivity index (χ1v) is 12.4. The lowest BCUT2D eigenvalue weighted by molar-refractivity contribution is 0.111. The fraction of sp³-hybridized carbons (Fsp3) is 0.357. The highest BCUT2D eigenvalue weighted by molar-refractivity contribution is 5.85. The van der Waals surface area contributed by atoms with Gasteiger partial charge in [-0.05, 0) is 93.3 Å². The molecule has 2 N–H and O–H groups in total. The minimum Gasteiger partial charge on any atom is -0.393 e. The third-order valence-electron chi connectivity index (χ3n) is 7.23. The number of fused-ring (bicyclic) bond motifs is 1. The van der Waals surface area contributed by atoms with Crippen molar-refractivity contribution >= 4 is 35.1 Å². The van der Waals surface area contributed by atoms with E-state index in [1.807, 2.05) is 0 Å². The summed E-state index contributed by atoms with van der Waals surface area (Å²) in [6.07, 6.45) is 7.46. The number of halogens is 1. The standard InChI is InChI=1S/C28H28N6O.ClH/c1-17-31-24-9-4-20(14-26(24)34(17)22-5-7-23(35)8-6-22)25-13-21(19-2-3-19)15-28(32-25)33-27-12-18(16-29)10-11-30-27;/h4,9-15,19,22-23,35H,2-3,5-8H2,1H3,(H,30,32,33);1H/t22-,23-;. The molecular formula is C28H29ClN6O. The molecule has 4 aromatic rings. The van der Waals surface area contributed by atoms with E-state index in [2.05, 4.69) is 58.2 Å². The number of nitrogens with zero attached hydrogens (tertiary/aromatic N) is 5. The minimum absolute atomic E-state index is 0. The first-order chi connectivity index (χ1) is 17.1. The van der Waals surface area contributed by atoms with Crippen LogP contribution in [0, 0.1) is 18.3 Å². The Morgan fingerprint density at radius 1 is 0.972 bits per heavy atom. The molecule has 2 aliphatic carbocycles. The third kappa shape index (κ3) is 4.79. The Labute approximate surface area is 216 Å². The van der Waals surface area contributed by atoms with Crippen molar-refractivity contribution in [1.82, 2.24) is 19.5 Å². The summed E-state index contributed by atoms with van der Waals surface area (Å²) >= 11 is 0. The van der Waals surface area contributed by atoms with Crippen LogP contribution in [0.15, 0.2) is 48.7 Å². The molecule has 3 heterocycles. The lowest BCUT2D eigenvalue weighted by Gasteiger charge is -2.28. The normalized spacial score (nSPS) is 19.5. The Hall–Kier alpha value is -3.47. The van der Waals surface area contributed by atoms with E-state index < -0.39 is 0 Å². The van der Waals surface area contributed by atoms with E-state index in [1.165, 1.54) is 18.4 Å². The second-order valence-electron chi connectivity index (χ2n) is 9.81. The van der Waals surface area contributed by atoms with Gasteiger partial charge in [0.2, 0.25) is 0 Å². The predicted octanol–water partition coefficient (Wildman–Crippen LogP) is 6.19. The molecule has 0 spiro atoms. The number of aliphatic hydroxyl groups excluding tert-OH is 1. The maximum Gasteiger partial charge on any atom is 0.132 e. The van der Waals surface area contributed by atoms with Gasteiger partial charge in [0.1, 0.15) is 17.5 Å². The van der Waals surface area contributed by atoms with Gasteiger partial charge in [0, 0.05) is 17.8 Å². The van der Waals surface area contributed by atoms with Crippen LogP contribution in [0.5, 0.6) is 0 Å². The molecule has 8 heteroatoms. The number of aryl methyl sites for hydroxylation is 1. The fourth-order valence-corrected chi connectivity index (χ4v) is 5.27. The highest BCUT2D eigenvalue weighted by Gasteiger charge is 2.26. The number of hydrogen-bond donors (Lipinski definition) is 2. The van der Waals surface area contributed by atoms with Gasteiger partial charge in [-0.2, -0.15) is 5.26 Å². The van der Waals surface area contributed by atoms with Crippen molar-refractivity contribution in [3.63, 3.8) is 0 Å². The number of rotatable bonds is 5. The number of benzene rings is 1. The molecule has 0 atom stereocenters. The van der Waals surface area contributed by atoms with E-state index >= 15 is 0 Å². The monoisotopic (exact) mass is 500 g/mol. The van der Waals surface area contributed by atoms with Crippen LogP contribution < -0.4 is 5.32 Å². The molecule has 2 fully saturated rings. The van der Waals surface area contributed by atoms with Crippen LogP contribution in [-0.4, -0.2) is 30.7 Å². The van der Waals surface area contributed by atoms with Crippen LogP contribution in [0.25, 0.3) is 22.3 Å². The van der Waals surface area contributed by atoms with Crippen molar-refractivity contribution in [3.8, 4) is 17.3 Å². The van der Waals surface area contributed by atoms with E-state index in [0.717, 1.165) is 59.6 Å². The Bertz CT molecular complexity index is 1450. The van der Waals surface area contributed by atoms with Crippen molar-refractivity contribution in [3.05, 3.63) is 65.6 Å². The third-order valence-corrected chi connectivity index (χ3v) is 7.23. The van der Waals surface area contributed by atoms with Gasteiger partial charge in [-0.1, -0.05) is 6.07 Å². The molecule has 0 unspecified atom stereocenters. The zero-order valence-electron chi connectivity index (χ0n) is 20.2. The summed E-state index contributed by atoms with van der Waals surface area (Å²) in [7, 11) is 0. The summed E-state index contributed by atoms with van der Waals surface area (Å²) in [4.78, 5) is 14.1. The Morgan fingerprint density at radius 2 is 1.78 bits per heavy atom. The number of pyridine rings is 2. The van der Waals surface area contributed by atoms with E-state index in [1.54, 1.807) is 18.3 Å². The molecule has 2 saturated carbocycles. The number of nitriles is 1. The van der Waals surface area contributed by atoms with Crippen molar-refractivity contribution in [2.75, 3.05) is 5.32 Å². The lowest BCUT2D eigenvalue weighted by Crippen LogP contribution is -2.21. The largest absolute Gasteiger partial charge is 0.393 e. The van der Waals surface area contributed by atoms with E-state index in [4.69, 9.17) is 9.97 Å². The molecule has 0 amide bonds. The second kappa shape index (κ2) is 9.88. The number of anilines is 2. The first-order valence-electron chi connectivity index (χ1n) is 12.4. The maximum atomic E-state index is 9.98. The van der Waals surface area contributed by atoms with Gasteiger partial charge >= 0.3 is 0 Å². The van der Waals surface area contributed by atoms with Crippen molar-refractivity contribution in [2.24, 2.45) is 0 Å². The summed E-state index contributed by atoms with van der Waals surface area (Å²) in [5.74, 6) is 2.93. The quantitative estimate of drug-likeness (QED) is 0.339. The van der Waals surface area contributed by atoms with Gasteiger partial charge in [0.15, 0.2) is 0 Å². The number of aromatic nitrogens is 4. The molecule has 0 bridgehead atoms. The van der Waals surface area contributed by atoms with Gasteiger partial charge in [-0.25, -0.2) is 15.0 Å². The number of nitrogens with one attached hydrogen (secondary N) is 1. The van der Waals surface area contributed by atoms with E-state index in [-0.39, 0.29) is 18.5 Å². The topological polar surface area (TPSA) is 99.7 Å². The van der Waals surface area contributed by atoms with Gasteiger partial charge in [-0.15, -0.1) is 12.4 Å². The highest BCUT2D eigenvalue weighted by Crippen LogP contribution is 2.42. The van der Waals surface area contributed by atoms with Crippen LogP contribution in [0.4, 0.5) is 11.6 Å². The van der Waals surface area contributed by atoms with Crippen LogP contribution in [0.1, 0.15) is 67.4 Å². The molecule has 1 aromatic carbocycles. The molecular weight excluding hydrogens is 472 g/mol. The second-order valence-corrected chi connectivity index (χ2v) is 9.81. The van der Waals surface area contributed by atoms with Crippen molar-refractivity contribution in [2.45, 2.75) is 63.5 Å². The summed E-state index contributed by atoms with van der Waals surface area (Å²) in [5, 5.41) is 22.5. The first kappa shape index (κ1) is 24.2. The van der Waals surface area contributed by atoms with Crippen molar-refractivity contribution in [1.29, 1.82) is 5.26 Å². The molecule has 3 aromatic heterocycles. The van der Waals surface area contributed by atoms with Gasteiger partial charge < -0.3 is 15.0 Å². The highest BCUT2D eigenvalue weighted by atomic mass is 35.5. The SMILES string of the molecule is Cc1nc2ccc(-c3cc(C4CC4)cc(Nc4cc(C#N)ccn4)n3)cc2n1[C@H]1CC[C@H](O)CC1.Cl. The molecule has 36 heavy (non-hydrogen) atoms. The van der Waals surface area contributed by atoms with E-state index in [0.29, 0.717) is 23.3 Å². The maximum absolute atomic E-state index is 9.98. The fourth-order valence-electron chi connectivity index (χ4n) is 5.27. The smallest absolute Gasteiger partial charge is 0.132 e. The molecule has 0 aliphatic heterocycles. The van der Waals surface area contributed by atoms with E-state index in [9.17, 15) is 10.4 Å². The molecule has 6 rings (SSSR count). The van der Waals surface area contributed by atoms with Crippen LogP contribution in [0.3, 0.4) is 0 Å². The molecule has 0 saturated heterocycles. The zero-order valence-corrected chi connectivity index (χ0v) is 21.0. The zero-order chi connectivity index (χ0) is 23.9. The summed E-state index contributed by atoms with van der Waals surface area (Å²) < 4.78 is 2.35. The average Bonchev–Trinajstić information content (AvgIpc) is 3.67. The summed E-state index contributed by atoms with van der Waals surface area (Å²) in [6.45, 7) is 2.07. The van der Waals surface area contributed by atoms with Gasteiger partial charge in [-0.3, -0.25) is 0 Å². The van der Waals surface area contributed by atoms with Crippen molar-refractivity contribution < 1.29 is 5.11 Å².